The zero-order valence-corrected chi connectivity index (χ0v) is 20.2. The summed E-state index contributed by atoms with van der Waals surface area (Å²) < 4.78 is 17.8. The van der Waals surface area contributed by atoms with Crippen LogP contribution in [0.2, 0.25) is 0 Å². The molecule has 12 heteroatoms. The molecule has 5 aromatic rings. The molecule has 1 aliphatic rings. The lowest BCUT2D eigenvalue weighted by Gasteiger charge is -2.38. The minimum absolute atomic E-state index is 0.0468. The molecule has 4 heterocycles. The van der Waals surface area contributed by atoms with Crippen LogP contribution in [0.15, 0.2) is 78.2 Å². The third-order valence-corrected chi connectivity index (χ3v) is 6.87. The van der Waals surface area contributed by atoms with E-state index in [4.69, 9.17) is 0 Å². The SMILES string of the molecule is O=C(c1ccc(F)cc1)N1CCC(O)(Cn2cnc3c(cnn3-c3ccc(-n4ccnn4)cc3)c2=O)CC1. The maximum Gasteiger partial charge on any atom is 0.264 e. The molecule has 192 valence electrons. The molecule has 1 saturated heterocycles. The summed E-state index contributed by atoms with van der Waals surface area (Å²) in [6.07, 6.45) is 6.81. The number of aliphatic hydroxyl groups is 1. The third kappa shape index (κ3) is 4.34. The van der Waals surface area contributed by atoms with Gasteiger partial charge in [0.05, 0.1) is 42.1 Å². The van der Waals surface area contributed by atoms with Gasteiger partial charge in [0.25, 0.3) is 11.5 Å². The van der Waals surface area contributed by atoms with Gasteiger partial charge >= 0.3 is 0 Å². The Labute approximate surface area is 215 Å². The van der Waals surface area contributed by atoms with E-state index in [1.165, 1.54) is 41.4 Å². The molecule has 0 unspecified atom stereocenters. The standard InChI is InChI=1S/C26H23FN8O3/c27-19-3-1-18(2-4-19)24(36)32-12-9-26(38,10-13-32)16-33-17-28-23-22(25(33)37)15-30-35(23)21-7-5-20(6-8-21)34-14-11-29-31-34/h1-8,11,14-15,17,38H,9-10,12-13,16H2. The second-order valence-corrected chi connectivity index (χ2v) is 9.36. The number of benzene rings is 2. The Balaban J connectivity index is 1.17. The lowest BCUT2D eigenvalue weighted by atomic mass is 9.91. The van der Waals surface area contributed by atoms with Crippen molar-refractivity contribution in [3.63, 3.8) is 0 Å². The zero-order valence-electron chi connectivity index (χ0n) is 20.2. The topological polar surface area (TPSA) is 124 Å². The van der Waals surface area contributed by atoms with Crippen LogP contribution >= 0.6 is 0 Å². The molecule has 11 nitrogen and oxygen atoms in total. The fourth-order valence-corrected chi connectivity index (χ4v) is 4.72. The van der Waals surface area contributed by atoms with Crippen LogP contribution in [0.1, 0.15) is 23.2 Å². The monoisotopic (exact) mass is 514 g/mol. The van der Waals surface area contributed by atoms with Crippen molar-refractivity contribution in [1.82, 2.24) is 39.2 Å². The number of carbonyl (C=O) groups excluding carboxylic acids is 1. The van der Waals surface area contributed by atoms with Gasteiger partial charge in [0.15, 0.2) is 5.65 Å². The lowest BCUT2D eigenvalue weighted by molar-refractivity contribution is -0.0299. The summed E-state index contributed by atoms with van der Waals surface area (Å²) >= 11 is 0. The number of piperidine rings is 1. The van der Waals surface area contributed by atoms with Crippen molar-refractivity contribution in [2.45, 2.75) is 25.0 Å². The summed E-state index contributed by atoms with van der Waals surface area (Å²) in [4.78, 5) is 32.0. The second-order valence-electron chi connectivity index (χ2n) is 9.36. The van der Waals surface area contributed by atoms with Crippen LogP contribution in [0.3, 0.4) is 0 Å². The van der Waals surface area contributed by atoms with Crippen molar-refractivity contribution in [2.75, 3.05) is 13.1 Å². The van der Waals surface area contributed by atoms with E-state index < -0.39 is 11.4 Å². The van der Waals surface area contributed by atoms with Crippen molar-refractivity contribution in [3.8, 4) is 11.4 Å². The number of rotatable bonds is 5. The van der Waals surface area contributed by atoms with E-state index >= 15 is 0 Å². The molecule has 0 saturated carbocycles. The predicted octanol–water partition coefficient (Wildman–Crippen LogP) is 1.97. The summed E-state index contributed by atoms with van der Waals surface area (Å²) in [6.45, 7) is 0.685. The van der Waals surface area contributed by atoms with Gasteiger partial charge in [-0.3, -0.25) is 14.2 Å². The molecular weight excluding hydrogens is 491 g/mol. The van der Waals surface area contributed by atoms with Crippen molar-refractivity contribution >= 4 is 16.9 Å². The molecule has 0 bridgehead atoms. The Bertz CT molecular complexity index is 1650. The van der Waals surface area contributed by atoms with E-state index in [0.29, 0.717) is 42.5 Å². The summed E-state index contributed by atoms with van der Waals surface area (Å²) in [7, 11) is 0. The summed E-state index contributed by atoms with van der Waals surface area (Å²) in [5, 5.41) is 23.7. The molecule has 2 aromatic carbocycles. The molecule has 38 heavy (non-hydrogen) atoms. The number of hydrogen-bond acceptors (Lipinski definition) is 7. The van der Waals surface area contributed by atoms with Crippen LogP contribution < -0.4 is 5.56 Å². The Morgan fingerprint density at radius 3 is 2.42 bits per heavy atom. The first kappa shape index (κ1) is 23.7. The van der Waals surface area contributed by atoms with Crippen LogP contribution in [0, 0.1) is 5.82 Å². The van der Waals surface area contributed by atoms with E-state index in [1.807, 2.05) is 24.3 Å². The summed E-state index contributed by atoms with van der Waals surface area (Å²) in [5.74, 6) is -0.619. The van der Waals surface area contributed by atoms with Crippen LogP contribution in [-0.4, -0.2) is 68.9 Å². The Hall–Kier alpha value is -4.71. The molecule has 0 atom stereocenters. The normalized spacial score (nSPS) is 15.2. The van der Waals surface area contributed by atoms with Gasteiger partial charge in [0.1, 0.15) is 17.5 Å². The molecule has 1 fully saturated rings. The van der Waals surface area contributed by atoms with Gasteiger partial charge < -0.3 is 10.0 Å². The van der Waals surface area contributed by atoms with Gasteiger partial charge in [-0.15, -0.1) is 5.10 Å². The van der Waals surface area contributed by atoms with Crippen molar-refractivity contribution < 1.29 is 14.3 Å². The number of hydrogen-bond donors (Lipinski definition) is 1. The Kier molecular flexibility index (Phi) is 5.80. The number of nitrogens with zero attached hydrogens (tertiary/aromatic N) is 8. The minimum atomic E-state index is -1.17. The highest BCUT2D eigenvalue weighted by atomic mass is 19.1. The molecule has 0 spiro atoms. The molecule has 0 radical (unpaired) electrons. The van der Waals surface area contributed by atoms with Crippen LogP contribution in [0.25, 0.3) is 22.4 Å². The fraction of sp³-hybridized carbons (Fsp3) is 0.231. The van der Waals surface area contributed by atoms with Crippen molar-refractivity contribution in [3.05, 3.63) is 95.2 Å². The molecule has 0 aliphatic carbocycles. The van der Waals surface area contributed by atoms with Crippen LogP contribution in [-0.2, 0) is 6.54 Å². The van der Waals surface area contributed by atoms with Gasteiger partial charge in [0, 0.05) is 18.7 Å². The van der Waals surface area contributed by atoms with Crippen LogP contribution in [0.4, 0.5) is 4.39 Å². The molecular formula is C26H23FN8O3. The number of likely N-dealkylation sites (tertiary alicyclic amines) is 1. The quantitative estimate of drug-likeness (QED) is 0.380. The molecule has 1 aliphatic heterocycles. The van der Waals surface area contributed by atoms with E-state index in [0.717, 1.165) is 11.4 Å². The van der Waals surface area contributed by atoms with Gasteiger partial charge in [-0.2, -0.15) is 5.10 Å². The number of carbonyl (C=O) groups is 1. The van der Waals surface area contributed by atoms with Gasteiger partial charge in [0.2, 0.25) is 0 Å². The maximum absolute atomic E-state index is 13.2. The maximum atomic E-state index is 13.2. The first-order chi connectivity index (χ1) is 18.4. The lowest BCUT2D eigenvalue weighted by Crippen LogP contribution is -2.49. The minimum Gasteiger partial charge on any atom is -0.388 e. The highest BCUT2D eigenvalue weighted by Crippen LogP contribution is 2.25. The van der Waals surface area contributed by atoms with Gasteiger partial charge in [-0.25, -0.2) is 18.7 Å². The predicted molar refractivity (Wildman–Crippen MR) is 135 cm³/mol. The second kappa shape index (κ2) is 9.30. The smallest absolute Gasteiger partial charge is 0.264 e. The van der Waals surface area contributed by atoms with E-state index in [2.05, 4.69) is 20.4 Å². The highest BCUT2D eigenvalue weighted by molar-refractivity contribution is 5.94. The van der Waals surface area contributed by atoms with Gasteiger partial charge in [-0.05, 0) is 61.4 Å². The van der Waals surface area contributed by atoms with Gasteiger partial charge in [-0.1, -0.05) is 5.21 Å². The zero-order chi connectivity index (χ0) is 26.3. The molecule has 1 amide bonds. The van der Waals surface area contributed by atoms with E-state index in [-0.39, 0.29) is 18.0 Å². The van der Waals surface area contributed by atoms with Crippen molar-refractivity contribution in [2.24, 2.45) is 0 Å². The fourth-order valence-electron chi connectivity index (χ4n) is 4.72. The largest absolute Gasteiger partial charge is 0.388 e. The molecule has 1 N–H and O–H groups in total. The van der Waals surface area contributed by atoms with E-state index in [9.17, 15) is 19.1 Å². The molecule has 3 aromatic heterocycles. The Morgan fingerprint density at radius 1 is 1.03 bits per heavy atom. The first-order valence-electron chi connectivity index (χ1n) is 12.1. The first-order valence-corrected chi connectivity index (χ1v) is 12.1. The highest BCUT2D eigenvalue weighted by Gasteiger charge is 2.35. The number of aromatic nitrogens is 7. The Morgan fingerprint density at radius 2 is 1.74 bits per heavy atom. The van der Waals surface area contributed by atoms with E-state index in [1.54, 1.807) is 26.7 Å². The number of amides is 1. The average Bonchev–Trinajstić information content (AvgIpc) is 3.62. The molecule has 6 rings (SSSR count). The number of halogens is 1. The third-order valence-electron chi connectivity index (χ3n) is 6.87. The van der Waals surface area contributed by atoms with Crippen molar-refractivity contribution in [1.29, 1.82) is 0 Å². The summed E-state index contributed by atoms with van der Waals surface area (Å²) in [5.41, 5.74) is 0.881. The summed E-state index contributed by atoms with van der Waals surface area (Å²) in [6, 6.07) is 12.8. The number of fused-ring (bicyclic) bond motifs is 1. The van der Waals surface area contributed by atoms with Crippen LogP contribution in [0.5, 0.6) is 0 Å². The average molecular weight is 515 g/mol.